The second-order valence-electron chi connectivity index (χ2n) is 9.99. The number of fused-ring (bicyclic) bond motifs is 1. The molecular formula is C31H33N5O2. The van der Waals surface area contributed by atoms with Crippen LogP contribution in [0.4, 0.5) is 11.4 Å². The summed E-state index contributed by atoms with van der Waals surface area (Å²) in [4.78, 5) is 15.4. The number of hydrogen-bond acceptors (Lipinski definition) is 5. The van der Waals surface area contributed by atoms with Crippen molar-refractivity contribution in [3.05, 3.63) is 107 Å². The first-order chi connectivity index (χ1) is 18.7. The van der Waals surface area contributed by atoms with Crippen LogP contribution in [-0.2, 0) is 24.1 Å². The average molecular weight is 508 g/mol. The molecule has 7 heteroatoms. The number of morpholine rings is 1. The van der Waals surface area contributed by atoms with Crippen LogP contribution < -0.4 is 15.5 Å². The van der Waals surface area contributed by atoms with Crippen molar-refractivity contribution in [2.75, 3.05) is 36.5 Å². The molecule has 1 amide bonds. The van der Waals surface area contributed by atoms with E-state index >= 15 is 0 Å². The molecule has 2 heterocycles. The Kier molecular flexibility index (Phi) is 7.20. The number of aromatic nitrogens is 2. The number of amides is 1. The summed E-state index contributed by atoms with van der Waals surface area (Å²) in [5.41, 5.74) is 7.27. The summed E-state index contributed by atoms with van der Waals surface area (Å²) in [5, 5.41) is 11.4. The molecule has 0 spiro atoms. The standard InChI is InChI=1S/C31H33N5O2/c37-31(34-26-9-12-28(13-10-26)35-15-17-38-18-16-35)24-7-4-8-29(20-24)36-30-14-11-27(19-25(30)22-33-36)32-21-23-5-2-1-3-6-23/h1-10,12-13,20,22,27,32H,11,14-19,21H2,(H,34,37). The van der Waals surface area contributed by atoms with Crippen molar-refractivity contribution >= 4 is 17.3 Å². The molecular weight excluding hydrogens is 474 g/mol. The number of nitrogens with one attached hydrogen (secondary N) is 2. The van der Waals surface area contributed by atoms with E-state index in [4.69, 9.17) is 9.84 Å². The Morgan fingerprint density at radius 2 is 1.76 bits per heavy atom. The molecule has 7 nitrogen and oxygen atoms in total. The average Bonchev–Trinajstić information content (AvgIpc) is 3.41. The Balaban J connectivity index is 1.10. The number of nitrogens with zero attached hydrogens (tertiary/aromatic N) is 3. The molecule has 1 fully saturated rings. The molecule has 2 N–H and O–H groups in total. The lowest BCUT2D eigenvalue weighted by Crippen LogP contribution is -2.36. The van der Waals surface area contributed by atoms with Crippen molar-refractivity contribution in [1.82, 2.24) is 15.1 Å². The highest BCUT2D eigenvalue weighted by atomic mass is 16.5. The van der Waals surface area contributed by atoms with Crippen LogP contribution in [0.5, 0.6) is 0 Å². The number of carbonyl (C=O) groups excluding carboxylic acids is 1. The molecule has 1 aromatic heterocycles. The van der Waals surface area contributed by atoms with Crippen LogP contribution in [-0.4, -0.2) is 48.0 Å². The number of carbonyl (C=O) groups is 1. The van der Waals surface area contributed by atoms with E-state index in [2.05, 4.69) is 51.9 Å². The third-order valence-corrected chi connectivity index (χ3v) is 7.44. The van der Waals surface area contributed by atoms with Crippen molar-refractivity contribution in [2.45, 2.75) is 31.8 Å². The molecule has 6 rings (SSSR count). The van der Waals surface area contributed by atoms with Gasteiger partial charge >= 0.3 is 0 Å². The largest absolute Gasteiger partial charge is 0.378 e. The van der Waals surface area contributed by atoms with Gasteiger partial charge in [-0.1, -0.05) is 36.4 Å². The zero-order valence-corrected chi connectivity index (χ0v) is 21.5. The normalized spacial score (nSPS) is 17.2. The van der Waals surface area contributed by atoms with Gasteiger partial charge in [-0.3, -0.25) is 4.79 Å². The summed E-state index contributed by atoms with van der Waals surface area (Å²) < 4.78 is 7.43. The van der Waals surface area contributed by atoms with E-state index in [1.807, 2.05) is 53.3 Å². The highest BCUT2D eigenvalue weighted by molar-refractivity contribution is 6.04. The molecule has 1 unspecified atom stereocenters. The maximum absolute atomic E-state index is 13.1. The van der Waals surface area contributed by atoms with Gasteiger partial charge in [0.15, 0.2) is 0 Å². The molecule has 1 saturated heterocycles. The molecule has 2 aliphatic rings. The van der Waals surface area contributed by atoms with Gasteiger partial charge in [0.25, 0.3) is 5.91 Å². The molecule has 0 saturated carbocycles. The Morgan fingerprint density at radius 1 is 0.947 bits per heavy atom. The van der Waals surface area contributed by atoms with Gasteiger partial charge in [-0.2, -0.15) is 5.10 Å². The number of benzene rings is 3. The summed E-state index contributed by atoms with van der Waals surface area (Å²) in [5.74, 6) is -0.128. The Bertz CT molecular complexity index is 1380. The van der Waals surface area contributed by atoms with E-state index in [9.17, 15) is 4.79 Å². The van der Waals surface area contributed by atoms with Crippen LogP contribution in [0.1, 0.15) is 33.6 Å². The van der Waals surface area contributed by atoms with Crippen LogP contribution in [0, 0.1) is 0 Å². The fourth-order valence-corrected chi connectivity index (χ4v) is 5.34. The van der Waals surface area contributed by atoms with Crippen LogP contribution in [0.15, 0.2) is 85.1 Å². The van der Waals surface area contributed by atoms with Crippen molar-refractivity contribution < 1.29 is 9.53 Å². The quantitative estimate of drug-likeness (QED) is 0.382. The molecule has 3 aromatic carbocycles. The first-order valence-corrected chi connectivity index (χ1v) is 13.4. The molecule has 0 radical (unpaired) electrons. The Hall–Kier alpha value is -3.94. The van der Waals surface area contributed by atoms with E-state index in [1.54, 1.807) is 0 Å². The maximum Gasteiger partial charge on any atom is 0.255 e. The molecule has 0 bridgehead atoms. The second kappa shape index (κ2) is 11.2. The van der Waals surface area contributed by atoms with E-state index in [1.165, 1.54) is 16.8 Å². The van der Waals surface area contributed by atoms with Gasteiger partial charge in [0.2, 0.25) is 0 Å². The lowest BCUT2D eigenvalue weighted by Gasteiger charge is -2.28. The van der Waals surface area contributed by atoms with Gasteiger partial charge in [-0.15, -0.1) is 0 Å². The van der Waals surface area contributed by atoms with E-state index in [0.29, 0.717) is 11.6 Å². The van der Waals surface area contributed by atoms with E-state index in [0.717, 1.165) is 69.2 Å². The predicted octanol–water partition coefficient (Wildman–Crippen LogP) is 4.61. The zero-order chi connectivity index (χ0) is 25.7. The minimum Gasteiger partial charge on any atom is -0.378 e. The maximum atomic E-state index is 13.1. The number of ether oxygens (including phenoxy) is 1. The van der Waals surface area contributed by atoms with Crippen molar-refractivity contribution in [1.29, 1.82) is 0 Å². The number of rotatable bonds is 7. The molecule has 194 valence electrons. The summed E-state index contributed by atoms with van der Waals surface area (Å²) >= 11 is 0. The van der Waals surface area contributed by atoms with Crippen molar-refractivity contribution in [3.63, 3.8) is 0 Å². The molecule has 38 heavy (non-hydrogen) atoms. The van der Waals surface area contributed by atoms with Gasteiger partial charge in [-0.05, 0) is 72.9 Å². The topological polar surface area (TPSA) is 71.4 Å². The predicted molar refractivity (Wildman–Crippen MR) is 150 cm³/mol. The highest BCUT2D eigenvalue weighted by Gasteiger charge is 2.23. The Labute approximate surface area is 223 Å². The van der Waals surface area contributed by atoms with Gasteiger partial charge < -0.3 is 20.3 Å². The fraction of sp³-hybridized carbons (Fsp3) is 0.290. The van der Waals surface area contributed by atoms with Gasteiger partial charge in [0.1, 0.15) is 0 Å². The van der Waals surface area contributed by atoms with Gasteiger partial charge in [-0.25, -0.2) is 4.68 Å². The van der Waals surface area contributed by atoms with Crippen LogP contribution in [0.25, 0.3) is 5.69 Å². The Morgan fingerprint density at radius 3 is 2.58 bits per heavy atom. The zero-order valence-electron chi connectivity index (χ0n) is 21.5. The smallest absolute Gasteiger partial charge is 0.255 e. The number of hydrogen-bond donors (Lipinski definition) is 2. The summed E-state index contributed by atoms with van der Waals surface area (Å²) in [6.45, 7) is 4.16. The van der Waals surface area contributed by atoms with Gasteiger partial charge in [0.05, 0.1) is 25.1 Å². The third kappa shape index (κ3) is 5.49. The van der Waals surface area contributed by atoms with Crippen LogP contribution in [0.2, 0.25) is 0 Å². The lowest BCUT2D eigenvalue weighted by molar-refractivity contribution is 0.102. The number of anilines is 2. The fourth-order valence-electron chi connectivity index (χ4n) is 5.34. The molecule has 1 aliphatic carbocycles. The summed E-state index contributed by atoms with van der Waals surface area (Å²) in [7, 11) is 0. The second-order valence-corrected chi connectivity index (χ2v) is 9.99. The van der Waals surface area contributed by atoms with Crippen molar-refractivity contribution in [3.8, 4) is 5.69 Å². The minimum absolute atomic E-state index is 0.128. The van der Waals surface area contributed by atoms with E-state index in [-0.39, 0.29) is 5.91 Å². The lowest BCUT2D eigenvalue weighted by atomic mass is 9.93. The summed E-state index contributed by atoms with van der Waals surface area (Å²) in [6.07, 6.45) is 4.96. The summed E-state index contributed by atoms with van der Waals surface area (Å²) in [6, 6.07) is 26.7. The highest BCUT2D eigenvalue weighted by Crippen LogP contribution is 2.25. The van der Waals surface area contributed by atoms with Gasteiger partial charge in [0, 0.05) is 48.3 Å². The monoisotopic (exact) mass is 507 g/mol. The third-order valence-electron chi connectivity index (χ3n) is 7.44. The molecule has 4 aromatic rings. The molecule has 1 aliphatic heterocycles. The minimum atomic E-state index is -0.128. The SMILES string of the molecule is O=C(Nc1ccc(N2CCOCC2)cc1)c1cccc(-n2ncc3c2CCC(NCc2ccccc2)C3)c1. The van der Waals surface area contributed by atoms with Crippen LogP contribution >= 0.6 is 0 Å². The first kappa shape index (κ1) is 24.4. The van der Waals surface area contributed by atoms with Crippen molar-refractivity contribution in [2.24, 2.45) is 0 Å². The van der Waals surface area contributed by atoms with E-state index < -0.39 is 0 Å². The first-order valence-electron chi connectivity index (χ1n) is 13.4. The molecule has 1 atom stereocenters. The van der Waals surface area contributed by atoms with Crippen LogP contribution in [0.3, 0.4) is 0 Å².